The highest BCUT2D eigenvalue weighted by Crippen LogP contribution is 2.45. The van der Waals surface area contributed by atoms with E-state index in [2.05, 4.69) is 0 Å². The molecule has 1 nitrogen and oxygen atoms in total. The van der Waals surface area contributed by atoms with E-state index in [4.69, 9.17) is 4.74 Å². The second kappa shape index (κ2) is 1.98. The fraction of sp³-hybridized carbons (Fsp3) is 1.00. The summed E-state index contributed by atoms with van der Waals surface area (Å²) in [6.45, 7) is 0. The summed E-state index contributed by atoms with van der Waals surface area (Å²) in [7, 11) is 1.85. The number of fused-ring (bicyclic) bond motifs is 2. The van der Waals surface area contributed by atoms with E-state index in [1.54, 1.807) is 0 Å². The van der Waals surface area contributed by atoms with Gasteiger partial charge < -0.3 is 4.74 Å². The Kier molecular flexibility index (Phi) is 1.26. The molecule has 2 bridgehead atoms. The topological polar surface area (TPSA) is 9.23 Å². The molecule has 1 heteroatoms. The molecule has 2 aliphatic rings. The Morgan fingerprint density at radius 3 is 2.44 bits per heavy atom. The van der Waals surface area contributed by atoms with E-state index in [1.807, 2.05) is 7.11 Å². The van der Waals surface area contributed by atoms with Gasteiger partial charge in [0.15, 0.2) is 0 Å². The Labute approximate surface area is 56.4 Å². The van der Waals surface area contributed by atoms with Crippen molar-refractivity contribution in [1.29, 1.82) is 0 Å². The first-order valence-corrected chi connectivity index (χ1v) is 3.93. The third kappa shape index (κ3) is 0.787. The van der Waals surface area contributed by atoms with E-state index in [9.17, 15) is 0 Å². The second-order valence-corrected chi connectivity index (χ2v) is 3.45. The standard InChI is InChI=1S/C8H14O/c1-9-8-5-6-2-3-7(8)4-6/h6-8H,2-5H2,1H3. The van der Waals surface area contributed by atoms with Crippen LogP contribution in [0.2, 0.25) is 0 Å². The van der Waals surface area contributed by atoms with E-state index < -0.39 is 0 Å². The zero-order chi connectivity index (χ0) is 6.27. The van der Waals surface area contributed by atoms with Gasteiger partial charge in [0, 0.05) is 7.11 Å². The summed E-state index contributed by atoms with van der Waals surface area (Å²) >= 11 is 0. The third-order valence-corrected chi connectivity index (χ3v) is 2.98. The normalized spacial score (nSPS) is 48.3. The molecular formula is C8H14O. The molecule has 0 aromatic rings. The number of hydrogen-bond acceptors (Lipinski definition) is 1. The van der Waals surface area contributed by atoms with Gasteiger partial charge in [0.05, 0.1) is 6.10 Å². The Morgan fingerprint density at radius 1 is 1.22 bits per heavy atom. The van der Waals surface area contributed by atoms with Crippen LogP contribution in [0.4, 0.5) is 0 Å². The van der Waals surface area contributed by atoms with Gasteiger partial charge >= 0.3 is 0 Å². The zero-order valence-electron chi connectivity index (χ0n) is 5.97. The highest BCUT2D eigenvalue weighted by molar-refractivity contribution is 4.90. The summed E-state index contributed by atoms with van der Waals surface area (Å²) < 4.78 is 5.35. The predicted octanol–water partition coefficient (Wildman–Crippen LogP) is 1.82. The lowest BCUT2D eigenvalue weighted by Gasteiger charge is -2.19. The minimum Gasteiger partial charge on any atom is -0.381 e. The van der Waals surface area contributed by atoms with E-state index in [0.717, 1.165) is 11.8 Å². The molecule has 2 saturated carbocycles. The fourth-order valence-corrected chi connectivity index (χ4v) is 2.48. The quantitative estimate of drug-likeness (QED) is 0.520. The second-order valence-electron chi connectivity index (χ2n) is 3.45. The molecule has 3 unspecified atom stereocenters. The monoisotopic (exact) mass is 126 g/mol. The van der Waals surface area contributed by atoms with Crippen molar-refractivity contribution in [1.82, 2.24) is 0 Å². The lowest BCUT2D eigenvalue weighted by Crippen LogP contribution is -2.18. The van der Waals surface area contributed by atoms with Crippen molar-refractivity contribution >= 4 is 0 Å². The minimum atomic E-state index is 0.628. The van der Waals surface area contributed by atoms with Crippen molar-refractivity contribution in [2.75, 3.05) is 7.11 Å². The van der Waals surface area contributed by atoms with Crippen molar-refractivity contribution < 1.29 is 4.74 Å². The van der Waals surface area contributed by atoms with Crippen LogP contribution in [-0.2, 0) is 4.74 Å². The maximum absolute atomic E-state index is 5.35. The van der Waals surface area contributed by atoms with Crippen LogP contribution in [0.15, 0.2) is 0 Å². The summed E-state index contributed by atoms with van der Waals surface area (Å²) in [6.07, 6.45) is 6.34. The van der Waals surface area contributed by atoms with Gasteiger partial charge in [-0.05, 0) is 37.5 Å². The molecule has 9 heavy (non-hydrogen) atoms. The van der Waals surface area contributed by atoms with Crippen LogP contribution in [-0.4, -0.2) is 13.2 Å². The molecular weight excluding hydrogens is 112 g/mol. The van der Waals surface area contributed by atoms with Crippen LogP contribution in [0.25, 0.3) is 0 Å². The van der Waals surface area contributed by atoms with Crippen LogP contribution in [0.5, 0.6) is 0 Å². The summed E-state index contributed by atoms with van der Waals surface area (Å²) in [5.74, 6) is 1.96. The molecule has 52 valence electrons. The third-order valence-electron chi connectivity index (χ3n) is 2.98. The van der Waals surface area contributed by atoms with Crippen molar-refractivity contribution in [3.63, 3.8) is 0 Å². The molecule has 2 aliphatic carbocycles. The molecule has 2 rings (SSSR count). The van der Waals surface area contributed by atoms with Crippen LogP contribution < -0.4 is 0 Å². The molecule has 0 spiro atoms. The van der Waals surface area contributed by atoms with Gasteiger partial charge in [0.2, 0.25) is 0 Å². The largest absolute Gasteiger partial charge is 0.381 e. The SMILES string of the molecule is COC1CC2CCC1C2. The van der Waals surface area contributed by atoms with Gasteiger partial charge in [-0.1, -0.05) is 0 Å². The first kappa shape index (κ1) is 5.72. The van der Waals surface area contributed by atoms with Gasteiger partial charge in [-0.3, -0.25) is 0 Å². The first-order chi connectivity index (χ1) is 4.40. The van der Waals surface area contributed by atoms with Gasteiger partial charge in [0.1, 0.15) is 0 Å². The molecule has 0 radical (unpaired) electrons. The molecule has 0 aromatic heterocycles. The number of methoxy groups -OCH3 is 1. The Morgan fingerprint density at radius 2 is 2.11 bits per heavy atom. The predicted molar refractivity (Wildman–Crippen MR) is 36.2 cm³/mol. The van der Waals surface area contributed by atoms with Crippen molar-refractivity contribution in [3.8, 4) is 0 Å². The molecule has 0 aromatic carbocycles. The van der Waals surface area contributed by atoms with E-state index in [1.165, 1.54) is 25.7 Å². The van der Waals surface area contributed by atoms with Gasteiger partial charge in [-0.2, -0.15) is 0 Å². The summed E-state index contributed by atoms with van der Waals surface area (Å²) in [6, 6.07) is 0. The lowest BCUT2D eigenvalue weighted by atomic mass is 9.98. The Bertz CT molecular complexity index is 111. The van der Waals surface area contributed by atoms with Crippen LogP contribution in [0, 0.1) is 11.8 Å². The van der Waals surface area contributed by atoms with Gasteiger partial charge in [0.25, 0.3) is 0 Å². The number of rotatable bonds is 1. The molecule has 0 heterocycles. The summed E-state index contributed by atoms with van der Waals surface area (Å²) in [4.78, 5) is 0. The van der Waals surface area contributed by atoms with E-state index in [-0.39, 0.29) is 0 Å². The first-order valence-electron chi connectivity index (χ1n) is 3.93. The maximum Gasteiger partial charge on any atom is 0.0602 e. The molecule has 0 N–H and O–H groups in total. The summed E-state index contributed by atoms with van der Waals surface area (Å²) in [5.41, 5.74) is 0. The van der Waals surface area contributed by atoms with Crippen LogP contribution in [0.3, 0.4) is 0 Å². The van der Waals surface area contributed by atoms with Crippen molar-refractivity contribution in [3.05, 3.63) is 0 Å². The van der Waals surface area contributed by atoms with E-state index in [0.29, 0.717) is 6.10 Å². The average Bonchev–Trinajstić information content (AvgIpc) is 2.45. The number of hydrogen-bond donors (Lipinski definition) is 0. The highest BCUT2D eigenvalue weighted by atomic mass is 16.5. The maximum atomic E-state index is 5.35. The Balaban J connectivity index is 2.01. The summed E-state index contributed by atoms with van der Waals surface area (Å²) in [5, 5.41) is 0. The molecule has 3 atom stereocenters. The highest BCUT2D eigenvalue weighted by Gasteiger charge is 2.39. The smallest absolute Gasteiger partial charge is 0.0602 e. The molecule has 0 saturated heterocycles. The zero-order valence-corrected chi connectivity index (χ0v) is 5.97. The Hall–Kier alpha value is -0.0400. The molecule has 0 aliphatic heterocycles. The molecule has 2 fully saturated rings. The van der Waals surface area contributed by atoms with E-state index >= 15 is 0 Å². The van der Waals surface area contributed by atoms with Crippen LogP contribution >= 0.6 is 0 Å². The van der Waals surface area contributed by atoms with Crippen molar-refractivity contribution in [2.45, 2.75) is 31.8 Å². The van der Waals surface area contributed by atoms with Crippen LogP contribution in [0.1, 0.15) is 25.7 Å². The lowest BCUT2D eigenvalue weighted by molar-refractivity contribution is 0.0572. The van der Waals surface area contributed by atoms with Crippen molar-refractivity contribution in [2.24, 2.45) is 11.8 Å². The molecule has 0 amide bonds. The minimum absolute atomic E-state index is 0.628. The number of ether oxygens (including phenoxy) is 1. The van der Waals surface area contributed by atoms with Gasteiger partial charge in [-0.25, -0.2) is 0 Å². The van der Waals surface area contributed by atoms with Gasteiger partial charge in [-0.15, -0.1) is 0 Å². The average molecular weight is 126 g/mol. The fourth-order valence-electron chi connectivity index (χ4n) is 2.48.